The van der Waals surface area contributed by atoms with Gasteiger partial charge in [0.15, 0.2) is 0 Å². The van der Waals surface area contributed by atoms with Gasteiger partial charge < -0.3 is 15.5 Å². The van der Waals surface area contributed by atoms with Crippen LogP contribution >= 0.6 is 0 Å². The summed E-state index contributed by atoms with van der Waals surface area (Å²) in [6, 6.07) is 4.38. The lowest BCUT2D eigenvalue weighted by atomic mass is 9.82. The molecule has 1 aromatic heterocycles. The monoisotopic (exact) mass is 236 g/mol. The lowest BCUT2D eigenvalue weighted by Gasteiger charge is -2.34. The molecule has 0 amide bonds. The number of rotatable bonds is 5. The Morgan fingerprint density at radius 1 is 1.41 bits per heavy atom. The second-order valence-electron chi connectivity index (χ2n) is 5.49. The van der Waals surface area contributed by atoms with Crippen molar-refractivity contribution < 1.29 is 4.42 Å². The summed E-state index contributed by atoms with van der Waals surface area (Å²) in [6.07, 6.45) is 8.90. The van der Waals surface area contributed by atoms with Crippen LogP contribution < -0.4 is 11.1 Å². The third-order valence-electron chi connectivity index (χ3n) is 3.74. The van der Waals surface area contributed by atoms with Crippen LogP contribution in [0.1, 0.15) is 44.8 Å². The molecule has 1 atom stereocenters. The number of hydrogen-bond acceptors (Lipinski definition) is 3. The molecule has 1 aliphatic carbocycles. The Morgan fingerprint density at radius 2 is 2.18 bits per heavy atom. The summed E-state index contributed by atoms with van der Waals surface area (Å²) in [6.45, 7) is 3.11. The van der Waals surface area contributed by atoms with Gasteiger partial charge in [0.25, 0.3) is 0 Å². The van der Waals surface area contributed by atoms with E-state index >= 15 is 0 Å². The average Bonchev–Trinajstić information content (AvgIpc) is 2.80. The summed E-state index contributed by atoms with van der Waals surface area (Å²) in [7, 11) is 0. The molecule has 0 spiro atoms. The van der Waals surface area contributed by atoms with E-state index in [0.717, 1.165) is 31.6 Å². The Morgan fingerprint density at radius 3 is 2.82 bits per heavy atom. The van der Waals surface area contributed by atoms with Gasteiger partial charge in [-0.15, -0.1) is 0 Å². The standard InChI is InChI=1S/C14H24N2O/c1-12(10-13-6-5-9-17-13)16-11-14(15)7-3-2-4-8-14/h5-6,9,12,16H,2-4,7-8,10-11,15H2,1H3. The van der Waals surface area contributed by atoms with Crippen molar-refractivity contribution in [2.45, 2.75) is 57.0 Å². The van der Waals surface area contributed by atoms with Gasteiger partial charge in [-0.3, -0.25) is 0 Å². The molecule has 1 saturated carbocycles. The SMILES string of the molecule is CC(Cc1ccco1)NCC1(N)CCCCC1. The normalized spacial score (nSPS) is 21.3. The van der Waals surface area contributed by atoms with Crippen LogP contribution in [-0.4, -0.2) is 18.1 Å². The van der Waals surface area contributed by atoms with Crippen molar-refractivity contribution in [3.8, 4) is 0 Å². The molecule has 3 nitrogen and oxygen atoms in total. The molecular formula is C14H24N2O. The Labute approximate surface area is 104 Å². The lowest BCUT2D eigenvalue weighted by Crippen LogP contribution is -2.52. The van der Waals surface area contributed by atoms with Gasteiger partial charge in [0.1, 0.15) is 5.76 Å². The van der Waals surface area contributed by atoms with Crippen molar-refractivity contribution in [2.75, 3.05) is 6.54 Å². The van der Waals surface area contributed by atoms with E-state index in [1.54, 1.807) is 6.26 Å². The zero-order valence-electron chi connectivity index (χ0n) is 10.7. The first-order valence-corrected chi connectivity index (χ1v) is 6.73. The molecule has 1 aliphatic rings. The number of furan rings is 1. The largest absolute Gasteiger partial charge is 0.469 e. The first kappa shape index (κ1) is 12.7. The van der Waals surface area contributed by atoms with E-state index in [0.29, 0.717) is 6.04 Å². The summed E-state index contributed by atoms with van der Waals surface area (Å²) in [5.74, 6) is 1.04. The highest BCUT2D eigenvalue weighted by Gasteiger charge is 2.27. The molecule has 0 bridgehead atoms. The maximum Gasteiger partial charge on any atom is 0.105 e. The van der Waals surface area contributed by atoms with E-state index in [1.165, 1.54) is 19.3 Å². The van der Waals surface area contributed by atoms with E-state index in [-0.39, 0.29) is 5.54 Å². The smallest absolute Gasteiger partial charge is 0.105 e. The molecule has 1 heterocycles. The number of hydrogen-bond donors (Lipinski definition) is 2. The van der Waals surface area contributed by atoms with Crippen molar-refractivity contribution in [3.63, 3.8) is 0 Å². The lowest BCUT2D eigenvalue weighted by molar-refractivity contribution is 0.273. The third-order valence-corrected chi connectivity index (χ3v) is 3.74. The Hall–Kier alpha value is -0.800. The Kier molecular flexibility index (Phi) is 4.24. The highest BCUT2D eigenvalue weighted by atomic mass is 16.3. The fourth-order valence-corrected chi connectivity index (χ4v) is 2.61. The van der Waals surface area contributed by atoms with E-state index in [4.69, 9.17) is 10.2 Å². The molecule has 1 aromatic rings. The molecule has 3 heteroatoms. The van der Waals surface area contributed by atoms with Gasteiger partial charge in [-0.2, -0.15) is 0 Å². The van der Waals surface area contributed by atoms with Gasteiger partial charge in [-0.05, 0) is 31.9 Å². The van der Waals surface area contributed by atoms with Crippen LogP contribution in [0.4, 0.5) is 0 Å². The van der Waals surface area contributed by atoms with E-state index in [9.17, 15) is 0 Å². The summed E-state index contributed by atoms with van der Waals surface area (Å²) >= 11 is 0. The summed E-state index contributed by atoms with van der Waals surface area (Å²) < 4.78 is 5.35. The van der Waals surface area contributed by atoms with Crippen LogP contribution in [0.5, 0.6) is 0 Å². The van der Waals surface area contributed by atoms with Crippen LogP contribution in [0.2, 0.25) is 0 Å². The molecule has 1 fully saturated rings. The fourth-order valence-electron chi connectivity index (χ4n) is 2.61. The molecule has 1 unspecified atom stereocenters. The van der Waals surface area contributed by atoms with Crippen LogP contribution in [0.3, 0.4) is 0 Å². The summed E-state index contributed by atoms with van der Waals surface area (Å²) in [4.78, 5) is 0. The van der Waals surface area contributed by atoms with Crippen molar-refractivity contribution in [3.05, 3.63) is 24.2 Å². The zero-order chi connectivity index (χ0) is 12.1. The first-order valence-electron chi connectivity index (χ1n) is 6.73. The molecule has 0 radical (unpaired) electrons. The van der Waals surface area contributed by atoms with Gasteiger partial charge >= 0.3 is 0 Å². The minimum atomic E-state index is 0.0235. The predicted molar refractivity (Wildman–Crippen MR) is 69.9 cm³/mol. The van der Waals surface area contributed by atoms with Gasteiger partial charge in [0.05, 0.1) is 6.26 Å². The highest BCUT2D eigenvalue weighted by molar-refractivity contribution is 5.00. The van der Waals surface area contributed by atoms with Crippen molar-refractivity contribution in [2.24, 2.45) is 5.73 Å². The van der Waals surface area contributed by atoms with E-state index in [2.05, 4.69) is 12.2 Å². The molecule has 2 rings (SSSR count). The quantitative estimate of drug-likeness (QED) is 0.825. The van der Waals surface area contributed by atoms with Crippen LogP contribution in [0.15, 0.2) is 22.8 Å². The Bertz CT molecular complexity index is 315. The number of nitrogens with two attached hydrogens (primary N) is 1. The van der Waals surface area contributed by atoms with Crippen molar-refractivity contribution >= 4 is 0 Å². The second-order valence-corrected chi connectivity index (χ2v) is 5.49. The molecule has 3 N–H and O–H groups in total. The molecular weight excluding hydrogens is 212 g/mol. The highest BCUT2D eigenvalue weighted by Crippen LogP contribution is 2.25. The molecule has 0 aromatic carbocycles. The fraction of sp³-hybridized carbons (Fsp3) is 0.714. The molecule has 96 valence electrons. The van der Waals surface area contributed by atoms with Gasteiger partial charge in [0.2, 0.25) is 0 Å². The number of nitrogens with one attached hydrogen (secondary N) is 1. The second kappa shape index (κ2) is 5.69. The maximum absolute atomic E-state index is 6.39. The average molecular weight is 236 g/mol. The van der Waals surface area contributed by atoms with Gasteiger partial charge in [-0.25, -0.2) is 0 Å². The van der Waals surface area contributed by atoms with Crippen molar-refractivity contribution in [1.29, 1.82) is 0 Å². The van der Waals surface area contributed by atoms with Crippen LogP contribution in [-0.2, 0) is 6.42 Å². The third kappa shape index (κ3) is 3.86. The van der Waals surface area contributed by atoms with Gasteiger partial charge in [-0.1, -0.05) is 19.3 Å². The molecule has 0 aliphatic heterocycles. The Balaban J connectivity index is 1.73. The molecule has 0 saturated heterocycles. The minimum absolute atomic E-state index is 0.0235. The zero-order valence-corrected chi connectivity index (χ0v) is 10.7. The first-order chi connectivity index (χ1) is 8.18. The topological polar surface area (TPSA) is 51.2 Å². The van der Waals surface area contributed by atoms with Crippen molar-refractivity contribution in [1.82, 2.24) is 5.32 Å². The van der Waals surface area contributed by atoms with E-state index in [1.807, 2.05) is 12.1 Å². The van der Waals surface area contributed by atoms with Crippen LogP contribution in [0.25, 0.3) is 0 Å². The predicted octanol–water partition coefficient (Wildman–Crippen LogP) is 2.46. The summed E-state index contributed by atoms with van der Waals surface area (Å²) in [5.41, 5.74) is 6.42. The summed E-state index contributed by atoms with van der Waals surface area (Å²) in [5, 5.41) is 3.55. The minimum Gasteiger partial charge on any atom is -0.469 e. The van der Waals surface area contributed by atoms with Gasteiger partial charge in [0, 0.05) is 24.5 Å². The van der Waals surface area contributed by atoms with E-state index < -0.39 is 0 Å². The molecule has 17 heavy (non-hydrogen) atoms. The maximum atomic E-state index is 6.39. The van der Waals surface area contributed by atoms with Crippen LogP contribution in [0, 0.1) is 0 Å².